The molecule has 2 heterocycles. The van der Waals surface area contributed by atoms with E-state index in [2.05, 4.69) is 12.0 Å². The third-order valence-corrected chi connectivity index (χ3v) is 6.63. The van der Waals surface area contributed by atoms with Crippen LogP contribution in [-0.2, 0) is 16.6 Å². The van der Waals surface area contributed by atoms with Crippen LogP contribution in [0.1, 0.15) is 37.6 Å². The minimum atomic E-state index is -3.43. The number of nitrogens with zero attached hydrogens (tertiary/aromatic N) is 3. The molecule has 0 aliphatic carbocycles. The van der Waals surface area contributed by atoms with Gasteiger partial charge in [0, 0.05) is 25.5 Å². The summed E-state index contributed by atoms with van der Waals surface area (Å²) in [5, 5.41) is 4.38. The summed E-state index contributed by atoms with van der Waals surface area (Å²) in [5.74, 6) is 1.02. The van der Waals surface area contributed by atoms with Crippen LogP contribution in [0.3, 0.4) is 0 Å². The Bertz CT molecular complexity index is 598. The smallest absolute Gasteiger partial charge is 0.246 e. The second-order valence-electron chi connectivity index (χ2n) is 5.69. The molecule has 7 heteroatoms. The fraction of sp³-hybridized carbons (Fsp3) is 0.786. The van der Waals surface area contributed by atoms with Gasteiger partial charge in [-0.25, -0.2) is 8.42 Å². The van der Waals surface area contributed by atoms with Crippen LogP contribution in [-0.4, -0.2) is 41.5 Å². The highest BCUT2D eigenvalue weighted by molar-refractivity contribution is 7.89. The number of sulfonamides is 1. The molecule has 0 spiro atoms. The highest BCUT2D eigenvalue weighted by Crippen LogP contribution is 2.29. The van der Waals surface area contributed by atoms with Gasteiger partial charge in [-0.3, -0.25) is 4.68 Å². The molecule has 1 aliphatic rings. The van der Waals surface area contributed by atoms with Crippen molar-refractivity contribution in [1.82, 2.24) is 14.1 Å². The van der Waals surface area contributed by atoms with Crippen LogP contribution in [0.2, 0.25) is 0 Å². The summed E-state index contributed by atoms with van der Waals surface area (Å²) in [4.78, 5) is 0.383. The normalized spacial score (nSPS) is 20.3. The Kier molecular flexibility index (Phi) is 5.33. The van der Waals surface area contributed by atoms with E-state index in [0.29, 0.717) is 42.0 Å². The molecule has 1 fully saturated rings. The van der Waals surface area contributed by atoms with Gasteiger partial charge < -0.3 is 0 Å². The third kappa shape index (κ3) is 3.27. The lowest BCUT2D eigenvalue weighted by atomic mass is 10.1. The Morgan fingerprint density at radius 1 is 1.38 bits per heavy atom. The molecule has 2 rings (SSSR count). The van der Waals surface area contributed by atoms with E-state index in [-0.39, 0.29) is 0 Å². The van der Waals surface area contributed by atoms with Crippen LogP contribution >= 0.6 is 11.6 Å². The van der Waals surface area contributed by atoms with Crippen LogP contribution in [0.4, 0.5) is 0 Å². The van der Waals surface area contributed by atoms with Crippen molar-refractivity contribution in [2.45, 2.75) is 51.5 Å². The van der Waals surface area contributed by atoms with E-state index in [0.717, 1.165) is 25.0 Å². The summed E-state index contributed by atoms with van der Waals surface area (Å²) in [6, 6.07) is 0. The lowest BCUT2D eigenvalue weighted by Crippen LogP contribution is -2.29. The zero-order valence-corrected chi connectivity index (χ0v) is 14.5. The van der Waals surface area contributed by atoms with Crippen molar-refractivity contribution < 1.29 is 8.42 Å². The number of rotatable bonds is 6. The number of aryl methyl sites for hydroxylation is 2. The topological polar surface area (TPSA) is 55.2 Å². The lowest BCUT2D eigenvalue weighted by Gasteiger charge is -2.16. The molecular weight excluding hydrogens is 310 g/mol. The van der Waals surface area contributed by atoms with Crippen molar-refractivity contribution in [3.8, 4) is 0 Å². The van der Waals surface area contributed by atoms with Gasteiger partial charge in [-0.05, 0) is 32.6 Å². The van der Waals surface area contributed by atoms with E-state index in [1.807, 2.05) is 6.92 Å². The highest BCUT2D eigenvalue weighted by Gasteiger charge is 2.35. The van der Waals surface area contributed by atoms with Crippen molar-refractivity contribution in [1.29, 1.82) is 0 Å². The van der Waals surface area contributed by atoms with E-state index in [1.54, 1.807) is 15.9 Å². The molecule has 0 bridgehead atoms. The fourth-order valence-corrected chi connectivity index (χ4v) is 4.98. The van der Waals surface area contributed by atoms with Gasteiger partial charge in [0.25, 0.3) is 0 Å². The summed E-state index contributed by atoms with van der Waals surface area (Å²) >= 11 is 5.71. The second kappa shape index (κ2) is 6.67. The molecule has 0 N–H and O–H groups in total. The van der Waals surface area contributed by atoms with Crippen molar-refractivity contribution in [2.75, 3.05) is 19.0 Å². The summed E-state index contributed by atoms with van der Waals surface area (Å²) in [6.45, 7) is 7.61. The first-order valence-corrected chi connectivity index (χ1v) is 9.49. The van der Waals surface area contributed by atoms with Gasteiger partial charge in [-0.15, -0.1) is 11.6 Å². The molecule has 0 saturated carbocycles. The molecule has 1 aromatic rings. The van der Waals surface area contributed by atoms with Gasteiger partial charge >= 0.3 is 0 Å². The van der Waals surface area contributed by atoms with E-state index < -0.39 is 10.0 Å². The van der Waals surface area contributed by atoms with Crippen molar-refractivity contribution >= 4 is 21.6 Å². The Hall–Kier alpha value is -0.590. The van der Waals surface area contributed by atoms with Crippen LogP contribution < -0.4 is 0 Å². The van der Waals surface area contributed by atoms with Gasteiger partial charge in [0.05, 0.1) is 11.4 Å². The maximum absolute atomic E-state index is 12.9. The first kappa shape index (κ1) is 16.8. The summed E-state index contributed by atoms with van der Waals surface area (Å²) < 4.78 is 29.1. The average molecular weight is 334 g/mol. The minimum absolute atomic E-state index is 0.383. The molecule has 1 saturated heterocycles. The molecule has 0 aromatic carbocycles. The molecule has 1 atom stereocenters. The first-order valence-electron chi connectivity index (χ1n) is 7.52. The molecule has 1 aliphatic heterocycles. The maximum Gasteiger partial charge on any atom is 0.246 e. The predicted molar refractivity (Wildman–Crippen MR) is 84.2 cm³/mol. The van der Waals surface area contributed by atoms with Crippen molar-refractivity contribution in [2.24, 2.45) is 5.92 Å². The van der Waals surface area contributed by atoms with Gasteiger partial charge in [0.1, 0.15) is 4.90 Å². The van der Waals surface area contributed by atoms with E-state index in [1.165, 1.54) is 0 Å². The molecule has 21 heavy (non-hydrogen) atoms. The predicted octanol–water partition coefficient (Wildman–Crippen LogP) is 2.55. The fourth-order valence-electron chi connectivity index (χ4n) is 2.96. The molecule has 0 amide bonds. The zero-order chi connectivity index (χ0) is 15.6. The Labute approximate surface area is 132 Å². The Balaban J connectivity index is 2.30. The van der Waals surface area contributed by atoms with Gasteiger partial charge in [0.2, 0.25) is 10.0 Å². The highest BCUT2D eigenvalue weighted by atomic mass is 35.5. The zero-order valence-electron chi connectivity index (χ0n) is 13.0. The standard InChI is InChI=1S/C14H24ClN3O2S/c1-4-13-6-9-17(10-13)21(19,20)14-11(2)16-18(12(14)3)8-5-7-15/h13H,4-10H2,1-3H3. The maximum atomic E-state index is 12.9. The summed E-state index contributed by atoms with van der Waals surface area (Å²) in [6.07, 6.45) is 2.76. The van der Waals surface area contributed by atoms with Gasteiger partial charge in [-0.1, -0.05) is 13.3 Å². The lowest BCUT2D eigenvalue weighted by molar-refractivity contribution is 0.452. The number of alkyl halides is 1. The van der Waals surface area contributed by atoms with E-state index >= 15 is 0 Å². The molecule has 0 radical (unpaired) electrons. The van der Waals surface area contributed by atoms with Crippen LogP contribution in [0.15, 0.2) is 4.90 Å². The summed E-state index contributed by atoms with van der Waals surface area (Å²) in [7, 11) is -3.43. The molecule has 1 aromatic heterocycles. The molecule has 120 valence electrons. The average Bonchev–Trinajstić information content (AvgIpc) is 3.02. The van der Waals surface area contributed by atoms with Crippen molar-refractivity contribution in [3.05, 3.63) is 11.4 Å². The Morgan fingerprint density at radius 2 is 2.10 bits per heavy atom. The SMILES string of the molecule is CCC1CCN(S(=O)(=O)c2c(C)nn(CCCCl)c2C)C1. The van der Waals surface area contributed by atoms with E-state index in [9.17, 15) is 8.42 Å². The number of hydrogen-bond acceptors (Lipinski definition) is 3. The quantitative estimate of drug-likeness (QED) is 0.752. The van der Waals surface area contributed by atoms with Crippen LogP contribution in [0, 0.1) is 19.8 Å². The minimum Gasteiger partial charge on any atom is -0.268 e. The van der Waals surface area contributed by atoms with E-state index in [4.69, 9.17) is 11.6 Å². The van der Waals surface area contributed by atoms with Crippen LogP contribution in [0.25, 0.3) is 0 Å². The molecule has 5 nitrogen and oxygen atoms in total. The summed E-state index contributed by atoms with van der Waals surface area (Å²) in [5.41, 5.74) is 1.31. The second-order valence-corrected chi connectivity index (χ2v) is 7.94. The van der Waals surface area contributed by atoms with Crippen LogP contribution in [0.5, 0.6) is 0 Å². The number of halogens is 1. The number of hydrogen-bond donors (Lipinski definition) is 0. The number of aromatic nitrogens is 2. The first-order chi connectivity index (χ1) is 9.91. The molecule has 1 unspecified atom stereocenters. The monoisotopic (exact) mass is 333 g/mol. The Morgan fingerprint density at radius 3 is 2.67 bits per heavy atom. The van der Waals surface area contributed by atoms with Crippen molar-refractivity contribution in [3.63, 3.8) is 0 Å². The third-order valence-electron chi connectivity index (χ3n) is 4.24. The molecular formula is C14H24ClN3O2S. The van der Waals surface area contributed by atoms with Gasteiger partial charge in [-0.2, -0.15) is 9.40 Å². The largest absolute Gasteiger partial charge is 0.268 e. The van der Waals surface area contributed by atoms with Gasteiger partial charge in [0.15, 0.2) is 0 Å².